The van der Waals surface area contributed by atoms with Gasteiger partial charge >= 0.3 is 6.09 Å². The number of likely N-dealkylation sites (tertiary alicyclic amines) is 1. The van der Waals surface area contributed by atoms with Crippen molar-refractivity contribution < 1.29 is 18.3 Å². The second kappa shape index (κ2) is 5.28. The second-order valence-corrected chi connectivity index (χ2v) is 6.59. The molecule has 116 valence electrons. The summed E-state index contributed by atoms with van der Waals surface area (Å²) in [4.78, 5) is 13.4. The molecule has 3 nitrogen and oxygen atoms in total. The van der Waals surface area contributed by atoms with Crippen molar-refractivity contribution in [2.75, 3.05) is 13.1 Å². The molecule has 21 heavy (non-hydrogen) atoms. The zero-order valence-corrected chi connectivity index (χ0v) is 12.8. The van der Waals surface area contributed by atoms with Crippen molar-refractivity contribution in [3.8, 4) is 0 Å². The van der Waals surface area contributed by atoms with Gasteiger partial charge in [-0.25, -0.2) is 13.6 Å². The van der Waals surface area contributed by atoms with E-state index in [4.69, 9.17) is 4.74 Å². The quantitative estimate of drug-likeness (QED) is 0.821. The highest BCUT2D eigenvalue weighted by Crippen LogP contribution is 2.31. The lowest BCUT2D eigenvalue weighted by molar-refractivity contribution is 0.00819. The lowest BCUT2D eigenvalue weighted by Gasteiger charge is -2.40. The number of nitrogens with zero attached hydrogens (tertiary/aromatic N) is 1. The molecular formula is C16H21F2NO2. The number of hydrogen-bond donors (Lipinski definition) is 0. The minimum absolute atomic E-state index is 0.00886. The maximum Gasteiger partial charge on any atom is 0.410 e. The summed E-state index contributed by atoms with van der Waals surface area (Å²) >= 11 is 0. The maximum atomic E-state index is 13.1. The third-order valence-corrected chi connectivity index (χ3v) is 3.42. The molecule has 0 radical (unpaired) electrons. The monoisotopic (exact) mass is 297 g/mol. The maximum absolute atomic E-state index is 13.1. The Morgan fingerprint density at radius 2 is 1.67 bits per heavy atom. The van der Waals surface area contributed by atoms with Crippen LogP contribution in [0.1, 0.15) is 44.7 Å². The molecule has 0 aliphatic carbocycles. The fourth-order valence-electron chi connectivity index (χ4n) is 2.21. The van der Waals surface area contributed by atoms with E-state index in [9.17, 15) is 13.6 Å². The third kappa shape index (κ3) is 3.93. The smallest absolute Gasteiger partial charge is 0.410 e. The Morgan fingerprint density at radius 3 is 2.10 bits per heavy atom. The number of carbonyl (C=O) groups excluding carboxylic acids is 1. The van der Waals surface area contributed by atoms with Crippen molar-refractivity contribution >= 4 is 6.09 Å². The van der Waals surface area contributed by atoms with Gasteiger partial charge in [-0.3, -0.25) is 0 Å². The fourth-order valence-corrected chi connectivity index (χ4v) is 2.21. The van der Waals surface area contributed by atoms with Crippen LogP contribution in [-0.4, -0.2) is 29.7 Å². The first-order chi connectivity index (χ1) is 9.56. The highest BCUT2D eigenvalue weighted by atomic mass is 19.3. The van der Waals surface area contributed by atoms with Crippen LogP contribution in [-0.2, 0) is 10.7 Å². The van der Waals surface area contributed by atoms with E-state index in [-0.39, 0.29) is 17.6 Å². The second-order valence-electron chi connectivity index (χ2n) is 6.59. The standard InChI is InChI=1S/C16H21F2NO2/c1-15(2,3)21-14(20)19-9-12(10-19)11-5-7-13(8-6-11)16(4,17)18/h5-8,12H,9-10H2,1-4H3. The number of rotatable bonds is 2. The van der Waals surface area contributed by atoms with Crippen LogP contribution in [0.5, 0.6) is 0 Å². The first kappa shape index (κ1) is 15.7. The summed E-state index contributed by atoms with van der Waals surface area (Å²) in [7, 11) is 0. The van der Waals surface area contributed by atoms with Gasteiger partial charge in [-0.1, -0.05) is 24.3 Å². The highest BCUT2D eigenvalue weighted by Gasteiger charge is 2.34. The molecule has 0 atom stereocenters. The van der Waals surface area contributed by atoms with Crippen molar-refractivity contribution in [2.45, 2.75) is 45.1 Å². The highest BCUT2D eigenvalue weighted by molar-refractivity contribution is 5.69. The van der Waals surface area contributed by atoms with Gasteiger partial charge < -0.3 is 9.64 Å². The van der Waals surface area contributed by atoms with Gasteiger partial charge in [0.15, 0.2) is 0 Å². The van der Waals surface area contributed by atoms with E-state index in [1.165, 1.54) is 12.1 Å². The number of ether oxygens (including phenoxy) is 1. The van der Waals surface area contributed by atoms with E-state index in [1.807, 2.05) is 20.8 Å². The lowest BCUT2D eigenvalue weighted by atomic mass is 9.91. The number of halogens is 2. The number of hydrogen-bond acceptors (Lipinski definition) is 2. The molecule has 0 N–H and O–H groups in total. The molecule has 0 spiro atoms. The lowest BCUT2D eigenvalue weighted by Crippen LogP contribution is -2.50. The van der Waals surface area contributed by atoms with E-state index >= 15 is 0 Å². The molecule has 0 bridgehead atoms. The van der Waals surface area contributed by atoms with Crippen LogP contribution in [0.25, 0.3) is 0 Å². The molecule has 1 saturated heterocycles. The van der Waals surface area contributed by atoms with E-state index < -0.39 is 11.5 Å². The predicted octanol–water partition coefficient (Wildman–Crippen LogP) is 4.13. The molecule has 1 fully saturated rings. The Balaban J connectivity index is 1.91. The SMILES string of the molecule is CC(C)(C)OC(=O)N1CC(c2ccc(C(C)(F)F)cc2)C1. The molecule has 2 rings (SSSR count). The first-order valence-corrected chi connectivity index (χ1v) is 7.02. The predicted molar refractivity (Wildman–Crippen MR) is 76.6 cm³/mol. The van der Waals surface area contributed by atoms with Crippen LogP contribution in [0.2, 0.25) is 0 Å². The average molecular weight is 297 g/mol. The molecule has 1 amide bonds. The summed E-state index contributed by atoms with van der Waals surface area (Å²) in [5.74, 6) is -2.63. The van der Waals surface area contributed by atoms with Crippen LogP contribution >= 0.6 is 0 Å². The Labute approximate surface area is 123 Å². The number of alkyl halides is 2. The number of carbonyl (C=O) groups is 1. The molecule has 0 unspecified atom stereocenters. The van der Waals surface area contributed by atoms with Gasteiger partial charge in [-0.2, -0.15) is 0 Å². The van der Waals surface area contributed by atoms with E-state index in [2.05, 4.69) is 0 Å². The van der Waals surface area contributed by atoms with E-state index in [0.717, 1.165) is 12.5 Å². The summed E-state index contributed by atoms with van der Waals surface area (Å²) in [5.41, 5.74) is 0.480. The zero-order valence-electron chi connectivity index (χ0n) is 12.8. The molecule has 1 aliphatic rings. The molecule has 1 aliphatic heterocycles. The number of amides is 1. The summed E-state index contributed by atoms with van der Waals surface area (Å²) in [6.45, 7) is 7.49. The Kier molecular flexibility index (Phi) is 3.95. The fraction of sp³-hybridized carbons (Fsp3) is 0.562. The molecule has 1 aromatic rings. The molecule has 5 heteroatoms. The Hall–Kier alpha value is -1.65. The van der Waals surface area contributed by atoms with Crippen LogP contribution in [0.3, 0.4) is 0 Å². The van der Waals surface area contributed by atoms with Crippen molar-refractivity contribution in [3.05, 3.63) is 35.4 Å². The zero-order chi connectivity index (χ0) is 15.8. The summed E-state index contributed by atoms with van der Waals surface area (Å²) in [6.07, 6.45) is -0.324. The number of benzene rings is 1. The van der Waals surface area contributed by atoms with Gasteiger partial charge in [0.05, 0.1) is 0 Å². The molecule has 1 heterocycles. The van der Waals surface area contributed by atoms with E-state index in [1.54, 1.807) is 17.0 Å². The van der Waals surface area contributed by atoms with Gasteiger partial charge in [-0.05, 0) is 26.3 Å². The van der Waals surface area contributed by atoms with Gasteiger partial charge in [-0.15, -0.1) is 0 Å². The Bertz CT molecular complexity index is 509. The topological polar surface area (TPSA) is 29.5 Å². The van der Waals surface area contributed by atoms with Crippen molar-refractivity contribution in [1.82, 2.24) is 4.90 Å². The van der Waals surface area contributed by atoms with Crippen molar-refractivity contribution in [3.63, 3.8) is 0 Å². The molecule has 0 aromatic heterocycles. The summed E-state index contributed by atoms with van der Waals surface area (Å²) < 4.78 is 31.6. The molecular weight excluding hydrogens is 276 g/mol. The van der Waals surface area contributed by atoms with Gasteiger partial charge in [0.2, 0.25) is 0 Å². The average Bonchev–Trinajstić information content (AvgIpc) is 2.23. The Morgan fingerprint density at radius 1 is 1.14 bits per heavy atom. The molecule has 1 aromatic carbocycles. The van der Waals surface area contributed by atoms with Crippen molar-refractivity contribution in [1.29, 1.82) is 0 Å². The van der Waals surface area contributed by atoms with Crippen LogP contribution < -0.4 is 0 Å². The minimum Gasteiger partial charge on any atom is -0.444 e. The van der Waals surface area contributed by atoms with Crippen LogP contribution in [0, 0.1) is 0 Å². The van der Waals surface area contributed by atoms with Crippen LogP contribution in [0.15, 0.2) is 24.3 Å². The normalized spacial score (nSPS) is 16.6. The third-order valence-electron chi connectivity index (χ3n) is 3.42. The summed E-state index contributed by atoms with van der Waals surface area (Å²) in [5, 5.41) is 0. The van der Waals surface area contributed by atoms with Gasteiger partial charge in [0, 0.05) is 31.5 Å². The van der Waals surface area contributed by atoms with Gasteiger partial charge in [0.1, 0.15) is 5.60 Å². The van der Waals surface area contributed by atoms with Crippen molar-refractivity contribution in [2.24, 2.45) is 0 Å². The van der Waals surface area contributed by atoms with Crippen LogP contribution in [0.4, 0.5) is 13.6 Å². The largest absolute Gasteiger partial charge is 0.444 e. The van der Waals surface area contributed by atoms with E-state index in [0.29, 0.717) is 13.1 Å². The van der Waals surface area contributed by atoms with Gasteiger partial charge in [0.25, 0.3) is 5.92 Å². The molecule has 0 saturated carbocycles. The minimum atomic E-state index is -2.82. The first-order valence-electron chi connectivity index (χ1n) is 7.02. The summed E-state index contributed by atoms with van der Waals surface area (Å²) in [6, 6.07) is 6.32.